The molecule has 0 aliphatic carbocycles. The number of hydrogen-bond acceptors (Lipinski definition) is 2. The van der Waals surface area contributed by atoms with Crippen molar-refractivity contribution < 1.29 is 9.84 Å². The highest BCUT2D eigenvalue weighted by atomic mass is 16.5. The van der Waals surface area contributed by atoms with E-state index in [9.17, 15) is 0 Å². The number of hydrogen-bond donors (Lipinski definition) is 1. The van der Waals surface area contributed by atoms with Crippen molar-refractivity contribution in [3.8, 4) is 5.75 Å². The van der Waals surface area contributed by atoms with Crippen molar-refractivity contribution in [2.75, 3.05) is 7.11 Å². The van der Waals surface area contributed by atoms with Gasteiger partial charge in [-0.2, -0.15) is 0 Å². The Kier molecular flexibility index (Phi) is 6.11. The molecule has 12 heavy (non-hydrogen) atoms. The lowest BCUT2D eigenvalue weighted by Gasteiger charge is -1.98. The van der Waals surface area contributed by atoms with Gasteiger partial charge >= 0.3 is 0 Å². The summed E-state index contributed by atoms with van der Waals surface area (Å²) in [6, 6.07) is 7.31. The fraction of sp³-hybridized carbons (Fsp3) is 0.400. The van der Waals surface area contributed by atoms with Crippen molar-refractivity contribution >= 4 is 0 Å². The zero-order valence-electron chi connectivity index (χ0n) is 7.87. The lowest BCUT2D eigenvalue weighted by molar-refractivity contribution is 0.281. The number of methoxy groups -OCH3 is 1. The maximum Gasteiger partial charge on any atom is 0.118 e. The highest BCUT2D eigenvalue weighted by Crippen LogP contribution is 2.10. The van der Waals surface area contributed by atoms with Crippen LogP contribution in [0.1, 0.15) is 19.4 Å². The van der Waals surface area contributed by atoms with Gasteiger partial charge in [-0.25, -0.2) is 0 Å². The smallest absolute Gasteiger partial charge is 0.118 e. The lowest BCUT2D eigenvalue weighted by Crippen LogP contribution is -1.84. The van der Waals surface area contributed by atoms with E-state index in [0.717, 1.165) is 11.3 Å². The fourth-order valence-corrected chi connectivity index (χ4v) is 0.731. The van der Waals surface area contributed by atoms with Gasteiger partial charge in [-0.3, -0.25) is 0 Å². The number of ether oxygens (including phenoxy) is 1. The van der Waals surface area contributed by atoms with Gasteiger partial charge in [0.05, 0.1) is 13.7 Å². The van der Waals surface area contributed by atoms with Crippen LogP contribution in [-0.2, 0) is 6.61 Å². The van der Waals surface area contributed by atoms with E-state index in [4.69, 9.17) is 9.84 Å². The molecule has 0 amide bonds. The van der Waals surface area contributed by atoms with E-state index in [1.807, 2.05) is 38.1 Å². The third kappa shape index (κ3) is 3.39. The quantitative estimate of drug-likeness (QED) is 0.733. The number of aliphatic hydroxyl groups excluding tert-OH is 1. The minimum Gasteiger partial charge on any atom is -0.497 e. The van der Waals surface area contributed by atoms with Crippen molar-refractivity contribution in [3.63, 3.8) is 0 Å². The summed E-state index contributed by atoms with van der Waals surface area (Å²) in [5.74, 6) is 0.817. The average Bonchev–Trinajstić information content (AvgIpc) is 2.21. The Hall–Kier alpha value is -1.02. The van der Waals surface area contributed by atoms with Crippen LogP contribution in [0.2, 0.25) is 0 Å². The van der Waals surface area contributed by atoms with Gasteiger partial charge in [0.15, 0.2) is 0 Å². The summed E-state index contributed by atoms with van der Waals surface area (Å²) < 4.78 is 4.93. The van der Waals surface area contributed by atoms with Crippen LogP contribution in [0.25, 0.3) is 0 Å². The Labute approximate surface area is 73.8 Å². The van der Waals surface area contributed by atoms with Gasteiger partial charge in [0.25, 0.3) is 0 Å². The molecule has 0 spiro atoms. The second kappa shape index (κ2) is 6.68. The highest BCUT2D eigenvalue weighted by molar-refractivity contribution is 5.26. The van der Waals surface area contributed by atoms with Gasteiger partial charge in [0.2, 0.25) is 0 Å². The molecule has 0 aliphatic heterocycles. The summed E-state index contributed by atoms with van der Waals surface area (Å²) in [7, 11) is 1.62. The first-order valence-electron chi connectivity index (χ1n) is 4.10. The Morgan fingerprint density at radius 2 is 1.67 bits per heavy atom. The lowest BCUT2D eigenvalue weighted by atomic mass is 10.2. The van der Waals surface area contributed by atoms with Crippen LogP contribution in [0.4, 0.5) is 0 Å². The van der Waals surface area contributed by atoms with E-state index in [1.165, 1.54) is 0 Å². The molecule has 1 N–H and O–H groups in total. The Balaban J connectivity index is 0.000000561. The normalized spacial score (nSPS) is 8.33. The van der Waals surface area contributed by atoms with Crippen LogP contribution >= 0.6 is 0 Å². The molecule has 1 aromatic rings. The van der Waals surface area contributed by atoms with Crippen molar-refractivity contribution in [1.29, 1.82) is 0 Å². The topological polar surface area (TPSA) is 29.5 Å². The van der Waals surface area contributed by atoms with E-state index in [1.54, 1.807) is 7.11 Å². The summed E-state index contributed by atoms with van der Waals surface area (Å²) in [6.45, 7) is 4.09. The maximum atomic E-state index is 8.66. The zero-order valence-corrected chi connectivity index (χ0v) is 7.87. The summed E-state index contributed by atoms with van der Waals surface area (Å²) in [5.41, 5.74) is 0.904. The largest absolute Gasteiger partial charge is 0.497 e. The molecule has 0 saturated carbocycles. The van der Waals surface area contributed by atoms with Gasteiger partial charge in [0.1, 0.15) is 5.75 Å². The summed E-state index contributed by atoms with van der Waals surface area (Å²) in [4.78, 5) is 0. The minimum atomic E-state index is 0.0873. The maximum absolute atomic E-state index is 8.66. The second-order valence-electron chi connectivity index (χ2n) is 2.01. The molecule has 2 heteroatoms. The van der Waals surface area contributed by atoms with Crippen LogP contribution in [0, 0.1) is 0 Å². The molecule has 0 unspecified atom stereocenters. The van der Waals surface area contributed by atoms with Gasteiger partial charge in [-0.1, -0.05) is 26.0 Å². The van der Waals surface area contributed by atoms with E-state index in [-0.39, 0.29) is 6.61 Å². The van der Waals surface area contributed by atoms with Crippen LogP contribution < -0.4 is 4.74 Å². The third-order valence-corrected chi connectivity index (χ3v) is 1.34. The van der Waals surface area contributed by atoms with Crippen LogP contribution in [0.15, 0.2) is 24.3 Å². The van der Waals surface area contributed by atoms with Gasteiger partial charge in [0, 0.05) is 0 Å². The van der Waals surface area contributed by atoms with Crippen molar-refractivity contribution in [2.24, 2.45) is 0 Å². The summed E-state index contributed by atoms with van der Waals surface area (Å²) in [5, 5.41) is 8.66. The molecule has 0 aliphatic rings. The SMILES string of the molecule is CC.COc1ccc(CO)cc1. The molecule has 0 saturated heterocycles. The van der Waals surface area contributed by atoms with E-state index >= 15 is 0 Å². The summed E-state index contributed by atoms with van der Waals surface area (Å²) in [6.07, 6.45) is 0. The average molecular weight is 168 g/mol. The number of aliphatic hydroxyl groups is 1. The molecular weight excluding hydrogens is 152 g/mol. The molecule has 0 heterocycles. The monoisotopic (exact) mass is 168 g/mol. The highest BCUT2D eigenvalue weighted by Gasteiger charge is 1.89. The first-order chi connectivity index (χ1) is 5.86. The molecule has 1 aromatic carbocycles. The van der Waals surface area contributed by atoms with Crippen molar-refractivity contribution in [2.45, 2.75) is 20.5 Å². The Bertz CT molecular complexity index is 168. The fourth-order valence-electron chi connectivity index (χ4n) is 0.731. The molecule has 0 atom stereocenters. The predicted molar refractivity (Wildman–Crippen MR) is 50.3 cm³/mol. The van der Waals surface area contributed by atoms with Crippen molar-refractivity contribution in [1.82, 2.24) is 0 Å². The second-order valence-corrected chi connectivity index (χ2v) is 2.01. The Morgan fingerprint density at radius 3 is 2.00 bits per heavy atom. The number of benzene rings is 1. The van der Waals surface area contributed by atoms with Crippen LogP contribution in [-0.4, -0.2) is 12.2 Å². The molecule has 0 aromatic heterocycles. The van der Waals surface area contributed by atoms with E-state index in [0.29, 0.717) is 0 Å². The van der Waals surface area contributed by atoms with E-state index < -0.39 is 0 Å². The molecule has 0 fully saturated rings. The Morgan fingerprint density at radius 1 is 1.17 bits per heavy atom. The molecule has 0 radical (unpaired) electrons. The van der Waals surface area contributed by atoms with Crippen LogP contribution in [0.5, 0.6) is 5.75 Å². The standard InChI is InChI=1S/C8H10O2.C2H6/c1-10-8-4-2-7(6-9)3-5-8;1-2/h2-5,9H,6H2,1H3;1-2H3. The molecular formula is C10H16O2. The third-order valence-electron chi connectivity index (χ3n) is 1.34. The minimum absolute atomic E-state index is 0.0873. The molecule has 2 nitrogen and oxygen atoms in total. The number of rotatable bonds is 2. The van der Waals surface area contributed by atoms with E-state index in [2.05, 4.69) is 0 Å². The van der Waals surface area contributed by atoms with Crippen LogP contribution in [0.3, 0.4) is 0 Å². The van der Waals surface area contributed by atoms with Gasteiger partial charge in [-0.15, -0.1) is 0 Å². The molecule has 0 bridgehead atoms. The molecule has 68 valence electrons. The van der Waals surface area contributed by atoms with Gasteiger partial charge < -0.3 is 9.84 Å². The first-order valence-corrected chi connectivity index (χ1v) is 4.10. The van der Waals surface area contributed by atoms with Gasteiger partial charge in [-0.05, 0) is 17.7 Å². The van der Waals surface area contributed by atoms with Crippen molar-refractivity contribution in [3.05, 3.63) is 29.8 Å². The summed E-state index contributed by atoms with van der Waals surface area (Å²) >= 11 is 0. The first kappa shape index (κ1) is 11.0. The molecule has 1 rings (SSSR count). The zero-order chi connectivity index (χ0) is 9.40. The predicted octanol–water partition coefficient (Wildman–Crippen LogP) is 2.21.